The van der Waals surface area contributed by atoms with Crippen LogP contribution >= 0.6 is 11.9 Å². The number of rotatable bonds is 3. The number of nitrogens with one attached hydrogen (secondary N) is 1. The van der Waals surface area contributed by atoms with Crippen LogP contribution in [-0.4, -0.2) is 12.2 Å². The number of amides is 1. The lowest BCUT2D eigenvalue weighted by atomic mass is 10.1. The Morgan fingerprint density at radius 3 is 2.56 bits per heavy atom. The molecule has 2 nitrogen and oxygen atoms in total. The number of hydrogen-bond acceptors (Lipinski definition) is 2. The molecule has 0 spiro atoms. The van der Waals surface area contributed by atoms with Gasteiger partial charge in [0.15, 0.2) is 0 Å². The lowest BCUT2D eigenvalue weighted by Crippen LogP contribution is -2.16. The highest BCUT2D eigenvalue weighted by Crippen LogP contribution is 1.99. The van der Waals surface area contributed by atoms with Crippen LogP contribution < -0.4 is 4.72 Å². The lowest BCUT2D eigenvalue weighted by Gasteiger charge is -2.02. The van der Waals surface area contributed by atoms with Crippen molar-refractivity contribution in [3.05, 3.63) is 0 Å². The first-order chi connectivity index (χ1) is 4.16. The van der Waals surface area contributed by atoms with Crippen LogP contribution in [0.2, 0.25) is 0 Å². The highest BCUT2D eigenvalue weighted by atomic mass is 32.2. The summed E-state index contributed by atoms with van der Waals surface area (Å²) in [5, 5.41) is 0. The Morgan fingerprint density at radius 2 is 2.22 bits per heavy atom. The molecule has 0 bridgehead atoms. The zero-order chi connectivity index (χ0) is 7.28. The van der Waals surface area contributed by atoms with E-state index in [-0.39, 0.29) is 5.91 Å². The maximum atomic E-state index is 10.7. The summed E-state index contributed by atoms with van der Waals surface area (Å²) in [4.78, 5) is 10.7. The summed E-state index contributed by atoms with van der Waals surface area (Å²) >= 11 is 1.35. The van der Waals surface area contributed by atoms with E-state index in [1.807, 2.05) is 20.1 Å². The van der Waals surface area contributed by atoms with Crippen LogP contribution in [0.5, 0.6) is 0 Å². The second-order valence-electron chi connectivity index (χ2n) is 2.33. The number of carbonyl (C=O) groups excluding carboxylic acids is 1. The van der Waals surface area contributed by atoms with Gasteiger partial charge in [-0.1, -0.05) is 25.8 Å². The summed E-state index contributed by atoms with van der Waals surface area (Å²) in [6.45, 7) is 4.06. The van der Waals surface area contributed by atoms with Crippen molar-refractivity contribution in [2.75, 3.05) is 6.26 Å². The molecule has 1 amide bonds. The molecule has 0 atom stereocenters. The third-order valence-corrected chi connectivity index (χ3v) is 1.24. The largest absolute Gasteiger partial charge is 0.300 e. The molecule has 0 saturated heterocycles. The van der Waals surface area contributed by atoms with Crippen LogP contribution in [0.15, 0.2) is 0 Å². The molecule has 0 fully saturated rings. The normalized spacial score (nSPS) is 9.78. The van der Waals surface area contributed by atoms with Gasteiger partial charge in [-0.05, 0) is 5.92 Å². The molecule has 0 unspecified atom stereocenters. The predicted molar refractivity (Wildman–Crippen MR) is 41.1 cm³/mol. The molecule has 0 aliphatic carbocycles. The van der Waals surface area contributed by atoms with Crippen molar-refractivity contribution in [1.82, 2.24) is 4.72 Å². The fourth-order valence-corrected chi connectivity index (χ4v) is 0.837. The zero-order valence-corrected chi connectivity index (χ0v) is 6.92. The van der Waals surface area contributed by atoms with Gasteiger partial charge in [-0.15, -0.1) is 0 Å². The summed E-state index contributed by atoms with van der Waals surface area (Å²) < 4.78 is 2.65. The molecule has 54 valence electrons. The van der Waals surface area contributed by atoms with Crippen molar-refractivity contribution in [2.24, 2.45) is 5.92 Å². The minimum atomic E-state index is 0.123. The van der Waals surface area contributed by atoms with Gasteiger partial charge >= 0.3 is 0 Å². The van der Waals surface area contributed by atoms with Gasteiger partial charge in [-0.3, -0.25) is 4.79 Å². The van der Waals surface area contributed by atoms with Crippen LogP contribution in [0.1, 0.15) is 20.3 Å². The van der Waals surface area contributed by atoms with E-state index in [1.54, 1.807) is 0 Å². The van der Waals surface area contributed by atoms with E-state index in [1.165, 1.54) is 11.9 Å². The second kappa shape index (κ2) is 4.68. The van der Waals surface area contributed by atoms with Crippen LogP contribution in [0.4, 0.5) is 0 Å². The monoisotopic (exact) mass is 147 g/mol. The lowest BCUT2D eigenvalue weighted by molar-refractivity contribution is -0.119. The van der Waals surface area contributed by atoms with Gasteiger partial charge < -0.3 is 4.72 Å². The third-order valence-electron chi connectivity index (χ3n) is 0.810. The van der Waals surface area contributed by atoms with Crippen molar-refractivity contribution in [1.29, 1.82) is 0 Å². The molecule has 0 aromatic heterocycles. The average molecular weight is 147 g/mol. The fourth-order valence-electron chi connectivity index (χ4n) is 0.526. The SMILES string of the molecule is CSNC(=O)CC(C)C. The smallest absolute Gasteiger partial charge is 0.230 e. The molecule has 0 rings (SSSR count). The minimum absolute atomic E-state index is 0.123. The van der Waals surface area contributed by atoms with Gasteiger partial charge in [0.1, 0.15) is 0 Å². The van der Waals surface area contributed by atoms with Gasteiger partial charge in [0.25, 0.3) is 0 Å². The highest BCUT2D eigenvalue weighted by Gasteiger charge is 2.01. The van der Waals surface area contributed by atoms with Gasteiger partial charge in [-0.2, -0.15) is 0 Å². The second-order valence-corrected chi connectivity index (χ2v) is 2.94. The van der Waals surface area contributed by atoms with Crippen LogP contribution in [0.3, 0.4) is 0 Å². The molecule has 0 aromatic carbocycles. The maximum absolute atomic E-state index is 10.7. The van der Waals surface area contributed by atoms with E-state index in [4.69, 9.17) is 0 Å². The Hall–Kier alpha value is -0.180. The van der Waals surface area contributed by atoms with Gasteiger partial charge in [0.05, 0.1) is 0 Å². The molecule has 0 radical (unpaired) electrons. The molecule has 3 heteroatoms. The molecule has 0 aliphatic rings. The van der Waals surface area contributed by atoms with E-state index in [2.05, 4.69) is 4.72 Å². The Kier molecular flexibility index (Phi) is 4.58. The van der Waals surface area contributed by atoms with E-state index in [0.29, 0.717) is 12.3 Å². The first-order valence-electron chi connectivity index (χ1n) is 2.98. The molecule has 9 heavy (non-hydrogen) atoms. The summed E-state index contributed by atoms with van der Waals surface area (Å²) in [5.41, 5.74) is 0. The van der Waals surface area contributed by atoms with Gasteiger partial charge in [-0.25, -0.2) is 0 Å². The molecule has 0 heterocycles. The Bertz CT molecular complexity index is 93.1. The predicted octanol–water partition coefficient (Wildman–Crippen LogP) is 1.43. The topological polar surface area (TPSA) is 29.1 Å². The van der Waals surface area contributed by atoms with Crippen LogP contribution in [0.25, 0.3) is 0 Å². The van der Waals surface area contributed by atoms with Crippen LogP contribution in [-0.2, 0) is 4.79 Å². The maximum Gasteiger partial charge on any atom is 0.230 e. The Balaban J connectivity index is 3.27. The zero-order valence-electron chi connectivity index (χ0n) is 6.10. The summed E-state index contributed by atoms with van der Waals surface area (Å²) in [5.74, 6) is 0.578. The van der Waals surface area contributed by atoms with Gasteiger partial charge in [0, 0.05) is 12.7 Å². The Labute approximate surface area is 60.5 Å². The number of hydrogen-bond donors (Lipinski definition) is 1. The molecule has 1 N–H and O–H groups in total. The van der Waals surface area contributed by atoms with Crippen molar-refractivity contribution in [2.45, 2.75) is 20.3 Å². The Morgan fingerprint density at radius 1 is 1.67 bits per heavy atom. The summed E-state index contributed by atoms with van der Waals surface area (Å²) in [6, 6.07) is 0. The van der Waals surface area contributed by atoms with E-state index in [0.717, 1.165) is 0 Å². The first kappa shape index (κ1) is 8.82. The fraction of sp³-hybridized carbons (Fsp3) is 0.833. The highest BCUT2D eigenvalue weighted by molar-refractivity contribution is 7.97. The van der Waals surface area contributed by atoms with Crippen molar-refractivity contribution >= 4 is 17.9 Å². The average Bonchev–Trinajstić information content (AvgIpc) is 1.63. The third kappa shape index (κ3) is 5.69. The van der Waals surface area contributed by atoms with Crippen molar-refractivity contribution in [3.8, 4) is 0 Å². The van der Waals surface area contributed by atoms with E-state index >= 15 is 0 Å². The van der Waals surface area contributed by atoms with Crippen molar-refractivity contribution < 1.29 is 4.79 Å². The quantitative estimate of drug-likeness (QED) is 0.612. The molecular formula is C6H13NOS. The number of carbonyl (C=O) groups is 1. The first-order valence-corrected chi connectivity index (χ1v) is 4.21. The van der Waals surface area contributed by atoms with Crippen molar-refractivity contribution in [3.63, 3.8) is 0 Å². The van der Waals surface area contributed by atoms with Crippen LogP contribution in [0, 0.1) is 5.92 Å². The molecular weight excluding hydrogens is 134 g/mol. The van der Waals surface area contributed by atoms with Gasteiger partial charge in [0.2, 0.25) is 5.91 Å². The van der Waals surface area contributed by atoms with E-state index < -0.39 is 0 Å². The standard InChI is InChI=1S/C6H13NOS/c1-5(2)4-6(8)7-9-3/h5H,4H2,1-3H3,(H,7,8). The molecule has 0 aromatic rings. The molecule has 0 saturated carbocycles. The minimum Gasteiger partial charge on any atom is -0.300 e. The summed E-state index contributed by atoms with van der Waals surface area (Å²) in [6.07, 6.45) is 2.47. The molecule has 0 aliphatic heterocycles. The summed E-state index contributed by atoms with van der Waals surface area (Å²) in [7, 11) is 0. The van der Waals surface area contributed by atoms with E-state index in [9.17, 15) is 4.79 Å².